The van der Waals surface area contributed by atoms with Crippen LogP contribution in [0.5, 0.6) is 0 Å². The average Bonchev–Trinajstić information content (AvgIpc) is 3.84. The third kappa shape index (κ3) is 5.78. The van der Waals surface area contributed by atoms with E-state index in [2.05, 4.69) is 57.9 Å². The van der Waals surface area contributed by atoms with Gasteiger partial charge in [0.2, 0.25) is 0 Å². The monoisotopic (exact) mass is 571 g/mol. The van der Waals surface area contributed by atoms with E-state index in [0.717, 1.165) is 93.0 Å². The average molecular weight is 572 g/mol. The molecular formula is C33H43N6O3+. The lowest BCUT2D eigenvalue weighted by atomic mass is 9.93. The third-order valence-electron chi connectivity index (χ3n) is 9.40. The van der Waals surface area contributed by atoms with E-state index >= 15 is 0 Å². The molecule has 42 heavy (non-hydrogen) atoms. The highest BCUT2D eigenvalue weighted by Crippen LogP contribution is 2.31. The smallest absolute Gasteiger partial charge is 0.253 e. The Kier molecular flexibility index (Phi) is 8.25. The summed E-state index contributed by atoms with van der Waals surface area (Å²) < 4.78 is 0. The molecule has 9 heteroatoms. The zero-order valence-corrected chi connectivity index (χ0v) is 24.8. The highest BCUT2D eigenvalue weighted by atomic mass is 16.3. The quantitative estimate of drug-likeness (QED) is 0.293. The van der Waals surface area contributed by atoms with Gasteiger partial charge in [-0.3, -0.25) is 19.4 Å². The maximum absolute atomic E-state index is 12.2. The van der Waals surface area contributed by atoms with Crippen LogP contribution in [0.4, 0.5) is 22.9 Å². The number of nitrogens with one attached hydrogen (secondary N) is 2. The van der Waals surface area contributed by atoms with Gasteiger partial charge in [-0.25, -0.2) is 4.98 Å². The SMILES string of the molecule is C=C1C=CC(C(CO)N2CCC(N3CCN(c4ncc(Nc5c(NC6CC6)c(=O)c5=O)cc4C)CC3CC)CC2)=C[CH+]1. The number of piperazine rings is 1. The van der Waals surface area contributed by atoms with Crippen LogP contribution in [0.2, 0.25) is 0 Å². The summed E-state index contributed by atoms with van der Waals surface area (Å²) in [5.74, 6) is 0.980. The van der Waals surface area contributed by atoms with E-state index in [4.69, 9.17) is 4.98 Å². The minimum Gasteiger partial charge on any atom is -0.393 e. The molecule has 2 unspecified atom stereocenters. The second-order valence-corrected chi connectivity index (χ2v) is 12.3. The number of aliphatic hydroxyl groups is 1. The molecule has 3 heterocycles. The summed E-state index contributed by atoms with van der Waals surface area (Å²) in [7, 11) is 0. The number of pyridine rings is 1. The van der Waals surface area contributed by atoms with Crippen molar-refractivity contribution < 1.29 is 5.11 Å². The van der Waals surface area contributed by atoms with E-state index in [-0.39, 0.29) is 12.6 Å². The topological polar surface area (TPSA) is 101 Å². The lowest BCUT2D eigenvalue weighted by Gasteiger charge is -2.48. The lowest BCUT2D eigenvalue weighted by molar-refractivity contribution is 0.0444. The molecular weight excluding hydrogens is 528 g/mol. The van der Waals surface area contributed by atoms with Crippen molar-refractivity contribution in [2.75, 3.05) is 54.9 Å². The summed E-state index contributed by atoms with van der Waals surface area (Å²) in [6.45, 7) is 13.3. The second-order valence-electron chi connectivity index (χ2n) is 12.3. The standard InChI is InChI=1S/C33H42N6O3/c1-4-26-19-38(33-22(3)17-25(18-34-33)36-30-29(31(41)32(30)42)35-24-9-10-24)15-16-39(26)27-11-13-37(14-12-27)28(20-40)23-7-5-21(2)6-8-23/h5-8,17-18,24,26-28,40H,2,4,9-16,19-20H2,1,3H3,(H-,35,36,41,42)/p+1. The first-order valence-corrected chi connectivity index (χ1v) is 15.5. The zero-order valence-electron chi connectivity index (χ0n) is 24.8. The van der Waals surface area contributed by atoms with Gasteiger partial charge in [-0.05, 0) is 57.2 Å². The predicted octanol–water partition coefficient (Wildman–Crippen LogP) is 3.29. The predicted molar refractivity (Wildman–Crippen MR) is 169 cm³/mol. The van der Waals surface area contributed by atoms with E-state index < -0.39 is 10.9 Å². The van der Waals surface area contributed by atoms with Crippen LogP contribution < -0.4 is 26.4 Å². The Morgan fingerprint density at radius 3 is 2.50 bits per heavy atom. The molecule has 0 spiro atoms. The van der Waals surface area contributed by atoms with Crippen LogP contribution in [0.1, 0.15) is 44.6 Å². The summed E-state index contributed by atoms with van der Waals surface area (Å²) in [5, 5.41) is 16.5. The number of aryl methyl sites for hydroxylation is 1. The van der Waals surface area contributed by atoms with Crippen molar-refractivity contribution in [3.8, 4) is 0 Å². The fourth-order valence-corrected chi connectivity index (χ4v) is 6.80. The van der Waals surface area contributed by atoms with Gasteiger partial charge in [0.05, 0.1) is 30.1 Å². The van der Waals surface area contributed by atoms with Crippen molar-refractivity contribution in [3.63, 3.8) is 0 Å². The number of rotatable bonds is 10. The first-order chi connectivity index (χ1) is 20.4. The molecule has 0 amide bonds. The summed E-state index contributed by atoms with van der Waals surface area (Å²) in [4.78, 5) is 36.6. The molecule has 2 atom stereocenters. The number of aromatic nitrogens is 1. The molecule has 2 aromatic rings. The molecule has 1 aromatic carbocycles. The van der Waals surface area contributed by atoms with Gasteiger partial charge >= 0.3 is 0 Å². The molecule has 1 saturated carbocycles. The molecule has 1 aromatic heterocycles. The van der Waals surface area contributed by atoms with E-state index in [1.807, 2.05) is 18.6 Å². The number of piperidine rings is 1. The molecule has 2 aliphatic heterocycles. The van der Waals surface area contributed by atoms with Crippen molar-refractivity contribution in [1.82, 2.24) is 14.8 Å². The van der Waals surface area contributed by atoms with Crippen LogP contribution in [0.15, 0.2) is 57.8 Å². The van der Waals surface area contributed by atoms with Crippen LogP contribution >= 0.6 is 0 Å². The number of aliphatic hydroxyl groups excluding tert-OH is 1. The van der Waals surface area contributed by atoms with Crippen molar-refractivity contribution in [1.29, 1.82) is 0 Å². The van der Waals surface area contributed by atoms with E-state index in [9.17, 15) is 14.7 Å². The van der Waals surface area contributed by atoms with Gasteiger partial charge < -0.3 is 20.6 Å². The largest absolute Gasteiger partial charge is 0.393 e. The Hall–Kier alpha value is -3.40. The second kappa shape index (κ2) is 12.1. The highest BCUT2D eigenvalue weighted by molar-refractivity contribution is 5.79. The van der Waals surface area contributed by atoms with Crippen molar-refractivity contribution in [2.24, 2.45) is 0 Å². The zero-order chi connectivity index (χ0) is 29.4. The first-order valence-electron chi connectivity index (χ1n) is 15.5. The molecule has 0 radical (unpaired) electrons. The Bertz CT molecular complexity index is 1440. The molecule has 9 nitrogen and oxygen atoms in total. The van der Waals surface area contributed by atoms with Crippen molar-refractivity contribution in [2.45, 2.75) is 70.1 Å². The minimum atomic E-state index is -0.466. The fraction of sp³-hybridized carbons (Fsp3) is 0.515. The number of allylic oxidation sites excluding steroid dienone is 3. The summed E-state index contributed by atoms with van der Waals surface area (Å²) >= 11 is 0. The summed E-state index contributed by atoms with van der Waals surface area (Å²) in [6.07, 6.45) is 15.4. The van der Waals surface area contributed by atoms with Crippen LogP contribution in [0, 0.1) is 13.3 Å². The van der Waals surface area contributed by atoms with Crippen LogP contribution in [-0.2, 0) is 0 Å². The number of hydrogen-bond acceptors (Lipinski definition) is 9. The molecule has 222 valence electrons. The highest BCUT2D eigenvalue weighted by Gasteiger charge is 2.36. The third-order valence-corrected chi connectivity index (χ3v) is 9.40. The van der Waals surface area contributed by atoms with Gasteiger partial charge in [-0.2, -0.15) is 0 Å². The normalized spacial score (nSPS) is 23.1. The number of likely N-dealkylation sites (tertiary alicyclic amines) is 1. The molecule has 0 bridgehead atoms. The Balaban J connectivity index is 1.06. The van der Waals surface area contributed by atoms with Gasteiger partial charge in [-0.15, -0.1) is 0 Å². The van der Waals surface area contributed by atoms with Gasteiger partial charge in [0.1, 0.15) is 17.2 Å². The van der Waals surface area contributed by atoms with Crippen molar-refractivity contribution >= 4 is 22.9 Å². The van der Waals surface area contributed by atoms with Crippen molar-refractivity contribution in [3.05, 3.63) is 80.6 Å². The number of anilines is 4. The van der Waals surface area contributed by atoms with E-state index in [1.165, 1.54) is 0 Å². The maximum Gasteiger partial charge on any atom is 0.253 e. The molecule has 2 saturated heterocycles. The minimum absolute atomic E-state index is 0.0390. The van der Waals surface area contributed by atoms with Gasteiger partial charge in [-0.1, -0.05) is 6.92 Å². The maximum atomic E-state index is 12.2. The first kappa shape index (κ1) is 28.7. The molecule has 4 aliphatic rings. The molecule has 2 aliphatic carbocycles. The Labute approximate surface area is 248 Å². The summed E-state index contributed by atoms with van der Waals surface area (Å²) in [6, 6.07) is 3.36. The van der Waals surface area contributed by atoms with Crippen LogP contribution in [-0.4, -0.2) is 83.4 Å². The van der Waals surface area contributed by atoms with Gasteiger partial charge in [0.15, 0.2) is 0 Å². The van der Waals surface area contributed by atoms with E-state index in [1.54, 1.807) is 6.20 Å². The fourth-order valence-electron chi connectivity index (χ4n) is 6.80. The van der Waals surface area contributed by atoms with Crippen LogP contribution in [0.25, 0.3) is 0 Å². The van der Waals surface area contributed by atoms with Gasteiger partial charge in [0.25, 0.3) is 10.9 Å². The van der Waals surface area contributed by atoms with Crippen LogP contribution in [0.3, 0.4) is 0 Å². The van der Waals surface area contributed by atoms with Gasteiger partial charge in [0, 0.05) is 81.1 Å². The number of nitrogens with zero attached hydrogens (tertiary/aromatic N) is 4. The molecule has 6 rings (SSSR count). The van der Waals surface area contributed by atoms with E-state index in [0.29, 0.717) is 29.5 Å². The molecule has 3 N–H and O–H groups in total. The number of hydrogen-bond donors (Lipinski definition) is 3. The Morgan fingerprint density at radius 1 is 1.10 bits per heavy atom. The Morgan fingerprint density at radius 2 is 1.86 bits per heavy atom. The molecule has 3 fully saturated rings. The lowest BCUT2D eigenvalue weighted by Crippen LogP contribution is -2.59. The summed E-state index contributed by atoms with van der Waals surface area (Å²) in [5.41, 5.74) is 3.80.